The molecule has 2 fully saturated rings. The summed E-state index contributed by atoms with van der Waals surface area (Å²) < 4.78 is 0. The number of nitriles is 1. The summed E-state index contributed by atoms with van der Waals surface area (Å²) in [5.74, 6) is 4.26. The smallest absolute Gasteiger partial charge is 0.0655 e. The summed E-state index contributed by atoms with van der Waals surface area (Å²) >= 11 is 0. The van der Waals surface area contributed by atoms with Gasteiger partial charge in [-0.25, -0.2) is 0 Å². The van der Waals surface area contributed by atoms with Crippen LogP contribution in [-0.2, 0) is 0 Å². The van der Waals surface area contributed by atoms with E-state index in [9.17, 15) is 0 Å². The van der Waals surface area contributed by atoms with Gasteiger partial charge >= 0.3 is 0 Å². The quantitative estimate of drug-likeness (QED) is 0.650. The van der Waals surface area contributed by atoms with Crippen molar-refractivity contribution in [2.75, 3.05) is 0 Å². The summed E-state index contributed by atoms with van der Waals surface area (Å²) in [6.07, 6.45) is 13.7. The molecule has 2 saturated carbocycles. The zero-order valence-corrected chi connectivity index (χ0v) is 12.9. The minimum absolute atomic E-state index is 0.373. The van der Waals surface area contributed by atoms with Gasteiger partial charge in [0.05, 0.1) is 6.07 Å². The Balaban J connectivity index is 1.70. The summed E-state index contributed by atoms with van der Waals surface area (Å²) in [5.41, 5.74) is 0. The highest BCUT2D eigenvalue weighted by Gasteiger charge is 2.30. The van der Waals surface area contributed by atoms with Crippen molar-refractivity contribution in [3.63, 3.8) is 0 Å². The predicted octanol–water partition coefficient (Wildman–Crippen LogP) is 5.56. The molecule has 0 heterocycles. The highest BCUT2D eigenvalue weighted by molar-refractivity contribution is 4.89. The topological polar surface area (TPSA) is 23.8 Å². The van der Waals surface area contributed by atoms with Crippen molar-refractivity contribution in [2.24, 2.45) is 29.6 Å². The molecule has 0 amide bonds. The zero-order valence-electron chi connectivity index (χ0n) is 12.9. The first-order valence-corrected chi connectivity index (χ1v) is 8.62. The molecule has 1 heteroatoms. The van der Waals surface area contributed by atoms with Crippen LogP contribution in [0.25, 0.3) is 0 Å². The molecular weight excluding hydrogens is 230 g/mol. The van der Waals surface area contributed by atoms with Gasteiger partial charge in [-0.2, -0.15) is 5.26 Å². The van der Waals surface area contributed by atoms with Crippen LogP contribution in [0.2, 0.25) is 0 Å². The van der Waals surface area contributed by atoms with Gasteiger partial charge in [0.1, 0.15) is 0 Å². The third-order valence-corrected chi connectivity index (χ3v) is 5.95. The predicted molar refractivity (Wildman–Crippen MR) is 80.6 cm³/mol. The van der Waals surface area contributed by atoms with Crippen LogP contribution in [0, 0.1) is 40.9 Å². The minimum atomic E-state index is 0.373. The second-order valence-corrected chi connectivity index (χ2v) is 7.27. The lowest BCUT2D eigenvalue weighted by molar-refractivity contribution is 0.147. The van der Waals surface area contributed by atoms with Crippen LogP contribution in [0.4, 0.5) is 0 Å². The molecule has 0 aromatic carbocycles. The zero-order chi connectivity index (χ0) is 13.7. The van der Waals surface area contributed by atoms with E-state index in [0.29, 0.717) is 5.92 Å². The van der Waals surface area contributed by atoms with E-state index in [1.807, 2.05) is 0 Å². The van der Waals surface area contributed by atoms with Crippen molar-refractivity contribution in [3.05, 3.63) is 0 Å². The Kier molecular flexibility index (Phi) is 5.74. The molecule has 2 aliphatic carbocycles. The summed E-state index contributed by atoms with van der Waals surface area (Å²) in [4.78, 5) is 0. The van der Waals surface area contributed by atoms with E-state index in [1.165, 1.54) is 64.2 Å². The Bertz CT molecular complexity index is 287. The van der Waals surface area contributed by atoms with Gasteiger partial charge in [0.15, 0.2) is 0 Å². The van der Waals surface area contributed by atoms with E-state index in [1.54, 1.807) is 0 Å². The molecule has 0 bridgehead atoms. The van der Waals surface area contributed by atoms with Crippen molar-refractivity contribution >= 4 is 0 Å². The molecule has 2 aliphatic rings. The Morgan fingerprint density at radius 3 is 1.95 bits per heavy atom. The molecule has 0 aromatic heterocycles. The van der Waals surface area contributed by atoms with Gasteiger partial charge in [0.25, 0.3) is 0 Å². The molecule has 0 N–H and O–H groups in total. The fraction of sp³-hybridized carbons (Fsp3) is 0.944. The van der Waals surface area contributed by atoms with E-state index >= 15 is 0 Å². The first kappa shape index (κ1) is 14.9. The average molecular weight is 261 g/mol. The highest BCUT2D eigenvalue weighted by atomic mass is 14.4. The molecule has 1 unspecified atom stereocenters. The second kappa shape index (κ2) is 7.32. The third-order valence-electron chi connectivity index (χ3n) is 5.95. The monoisotopic (exact) mass is 261 g/mol. The number of hydrogen-bond acceptors (Lipinski definition) is 1. The second-order valence-electron chi connectivity index (χ2n) is 7.27. The van der Waals surface area contributed by atoms with Crippen LogP contribution in [-0.4, -0.2) is 0 Å². The summed E-state index contributed by atoms with van der Waals surface area (Å²) in [7, 11) is 0. The van der Waals surface area contributed by atoms with Crippen molar-refractivity contribution in [1.29, 1.82) is 5.26 Å². The fourth-order valence-electron chi connectivity index (χ4n) is 4.35. The number of nitrogens with zero attached hydrogens (tertiary/aromatic N) is 1. The molecule has 19 heavy (non-hydrogen) atoms. The lowest BCUT2D eigenvalue weighted by atomic mass is 9.68. The summed E-state index contributed by atoms with van der Waals surface area (Å²) in [6.45, 7) is 4.74. The maximum Gasteiger partial charge on any atom is 0.0655 e. The van der Waals surface area contributed by atoms with Gasteiger partial charge in [0, 0.05) is 5.92 Å². The lowest BCUT2D eigenvalue weighted by Crippen LogP contribution is -2.26. The van der Waals surface area contributed by atoms with Crippen LogP contribution in [0.3, 0.4) is 0 Å². The molecule has 1 nitrogen and oxygen atoms in total. The van der Waals surface area contributed by atoms with Crippen molar-refractivity contribution in [3.8, 4) is 6.07 Å². The van der Waals surface area contributed by atoms with Gasteiger partial charge in [0.2, 0.25) is 0 Å². The van der Waals surface area contributed by atoms with Crippen LogP contribution < -0.4 is 0 Å². The van der Waals surface area contributed by atoms with Crippen LogP contribution >= 0.6 is 0 Å². The first-order valence-electron chi connectivity index (χ1n) is 8.62. The van der Waals surface area contributed by atoms with E-state index < -0.39 is 0 Å². The first-order chi connectivity index (χ1) is 9.22. The van der Waals surface area contributed by atoms with Crippen molar-refractivity contribution < 1.29 is 0 Å². The largest absolute Gasteiger partial charge is 0.198 e. The highest BCUT2D eigenvalue weighted by Crippen LogP contribution is 2.42. The maximum atomic E-state index is 8.98. The Morgan fingerprint density at radius 2 is 1.47 bits per heavy atom. The SMILES string of the molecule is CCC(C)CC1CCC(C2CCC(C#N)CC2)CC1. The van der Waals surface area contributed by atoms with E-state index in [0.717, 1.165) is 23.7 Å². The van der Waals surface area contributed by atoms with Crippen LogP contribution in [0.5, 0.6) is 0 Å². The molecule has 0 spiro atoms. The molecule has 1 atom stereocenters. The molecular formula is C18H31N. The number of hydrogen-bond donors (Lipinski definition) is 0. The minimum Gasteiger partial charge on any atom is -0.198 e. The van der Waals surface area contributed by atoms with Gasteiger partial charge in [-0.15, -0.1) is 0 Å². The average Bonchev–Trinajstić information content (AvgIpc) is 2.48. The maximum absolute atomic E-state index is 8.98. The van der Waals surface area contributed by atoms with Gasteiger partial charge in [-0.05, 0) is 68.6 Å². The van der Waals surface area contributed by atoms with Crippen molar-refractivity contribution in [1.82, 2.24) is 0 Å². The molecule has 0 saturated heterocycles. The summed E-state index contributed by atoms with van der Waals surface area (Å²) in [5, 5.41) is 8.98. The van der Waals surface area contributed by atoms with E-state index in [2.05, 4.69) is 19.9 Å². The molecule has 2 rings (SSSR count). The van der Waals surface area contributed by atoms with E-state index in [-0.39, 0.29) is 0 Å². The Hall–Kier alpha value is -0.510. The molecule has 0 aliphatic heterocycles. The summed E-state index contributed by atoms with van der Waals surface area (Å²) in [6, 6.07) is 2.46. The lowest BCUT2D eigenvalue weighted by Gasteiger charge is -2.37. The molecule has 0 aromatic rings. The normalized spacial score (nSPS) is 37.5. The van der Waals surface area contributed by atoms with Crippen molar-refractivity contribution in [2.45, 2.75) is 78.1 Å². The van der Waals surface area contributed by atoms with Gasteiger partial charge in [-0.3, -0.25) is 0 Å². The van der Waals surface area contributed by atoms with E-state index in [4.69, 9.17) is 5.26 Å². The fourth-order valence-corrected chi connectivity index (χ4v) is 4.35. The molecule has 108 valence electrons. The van der Waals surface area contributed by atoms with Crippen LogP contribution in [0.1, 0.15) is 78.1 Å². The standard InChI is InChI=1S/C18H31N/c1-3-14(2)12-15-4-8-17(9-5-15)18-10-6-16(13-19)7-11-18/h14-18H,3-12H2,1-2H3. The van der Waals surface area contributed by atoms with Gasteiger partial charge < -0.3 is 0 Å². The Morgan fingerprint density at radius 1 is 0.947 bits per heavy atom. The molecule has 0 radical (unpaired) electrons. The Labute approximate surface area is 119 Å². The third kappa shape index (κ3) is 4.23. The van der Waals surface area contributed by atoms with Crippen LogP contribution in [0.15, 0.2) is 0 Å². The number of rotatable bonds is 4. The van der Waals surface area contributed by atoms with Gasteiger partial charge in [-0.1, -0.05) is 33.1 Å².